The largest absolute Gasteiger partial charge is 0.351 e. The zero-order valence-corrected chi connectivity index (χ0v) is 7.85. The molecule has 0 spiro atoms. The standard InChI is InChI=1S/C11H13NO2/c13-8-11-12-7-10(14-11)6-9-4-2-1-3-5-9/h1-5,8,10-12H,6-7H2. The summed E-state index contributed by atoms with van der Waals surface area (Å²) in [5.41, 5.74) is 1.24. The summed E-state index contributed by atoms with van der Waals surface area (Å²) in [6.45, 7) is 0.748. The van der Waals surface area contributed by atoms with Crippen molar-refractivity contribution < 1.29 is 9.53 Å². The smallest absolute Gasteiger partial charge is 0.165 e. The quantitative estimate of drug-likeness (QED) is 0.716. The molecule has 2 unspecified atom stereocenters. The second-order valence-corrected chi connectivity index (χ2v) is 3.41. The number of nitrogens with one attached hydrogen (secondary N) is 1. The van der Waals surface area contributed by atoms with Crippen molar-refractivity contribution in [3.05, 3.63) is 35.9 Å². The van der Waals surface area contributed by atoms with Crippen molar-refractivity contribution in [2.45, 2.75) is 18.8 Å². The van der Waals surface area contributed by atoms with Gasteiger partial charge in [0.15, 0.2) is 12.5 Å². The van der Waals surface area contributed by atoms with E-state index in [1.165, 1.54) is 5.56 Å². The lowest BCUT2D eigenvalue weighted by Crippen LogP contribution is -2.23. The minimum atomic E-state index is -0.413. The maximum absolute atomic E-state index is 10.4. The summed E-state index contributed by atoms with van der Waals surface area (Å²) in [6.07, 6.45) is 1.36. The van der Waals surface area contributed by atoms with E-state index >= 15 is 0 Å². The van der Waals surface area contributed by atoms with Gasteiger partial charge in [-0.05, 0) is 12.0 Å². The highest BCUT2D eigenvalue weighted by atomic mass is 16.5. The number of carbonyl (C=O) groups excluding carboxylic acids is 1. The number of ether oxygens (including phenoxy) is 1. The molecule has 2 atom stereocenters. The molecule has 1 heterocycles. The molecule has 1 saturated heterocycles. The maximum Gasteiger partial charge on any atom is 0.165 e. The van der Waals surface area contributed by atoms with Crippen LogP contribution in [0.5, 0.6) is 0 Å². The predicted molar refractivity (Wildman–Crippen MR) is 52.9 cm³/mol. The van der Waals surface area contributed by atoms with Crippen LogP contribution in [0.2, 0.25) is 0 Å². The molecule has 74 valence electrons. The van der Waals surface area contributed by atoms with Crippen LogP contribution in [0.3, 0.4) is 0 Å². The van der Waals surface area contributed by atoms with E-state index in [-0.39, 0.29) is 6.10 Å². The Morgan fingerprint density at radius 1 is 1.43 bits per heavy atom. The van der Waals surface area contributed by atoms with Crippen LogP contribution in [0.25, 0.3) is 0 Å². The number of benzene rings is 1. The van der Waals surface area contributed by atoms with Crippen molar-refractivity contribution in [3.63, 3.8) is 0 Å². The molecule has 3 heteroatoms. The van der Waals surface area contributed by atoms with Crippen molar-refractivity contribution in [2.75, 3.05) is 6.54 Å². The number of carbonyl (C=O) groups is 1. The van der Waals surface area contributed by atoms with Crippen LogP contribution in [0, 0.1) is 0 Å². The van der Waals surface area contributed by atoms with E-state index in [0.29, 0.717) is 0 Å². The molecular formula is C11H13NO2. The van der Waals surface area contributed by atoms with Gasteiger partial charge in [0, 0.05) is 6.54 Å². The first-order valence-electron chi connectivity index (χ1n) is 4.76. The fourth-order valence-corrected chi connectivity index (χ4v) is 1.63. The molecule has 0 radical (unpaired) electrons. The van der Waals surface area contributed by atoms with Crippen LogP contribution in [-0.2, 0) is 16.0 Å². The number of aldehydes is 1. The van der Waals surface area contributed by atoms with Crippen molar-refractivity contribution in [1.29, 1.82) is 0 Å². The maximum atomic E-state index is 10.4. The molecular weight excluding hydrogens is 178 g/mol. The molecule has 0 aliphatic carbocycles. The van der Waals surface area contributed by atoms with E-state index in [1.807, 2.05) is 18.2 Å². The monoisotopic (exact) mass is 191 g/mol. The fourth-order valence-electron chi connectivity index (χ4n) is 1.63. The molecule has 1 N–H and O–H groups in total. The molecule has 3 nitrogen and oxygen atoms in total. The first-order chi connectivity index (χ1) is 6.88. The molecule has 0 bridgehead atoms. The minimum Gasteiger partial charge on any atom is -0.351 e. The normalized spacial score (nSPS) is 26.3. The third-order valence-electron chi connectivity index (χ3n) is 2.32. The van der Waals surface area contributed by atoms with E-state index in [1.54, 1.807) is 0 Å². The highest BCUT2D eigenvalue weighted by Crippen LogP contribution is 2.10. The van der Waals surface area contributed by atoms with Crippen LogP contribution in [0.15, 0.2) is 30.3 Å². The second-order valence-electron chi connectivity index (χ2n) is 3.41. The molecule has 1 aromatic rings. The van der Waals surface area contributed by atoms with Crippen molar-refractivity contribution >= 4 is 6.29 Å². The van der Waals surface area contributed by atoms with Gasteiger partial charge in [0.25, 0.3) is 0 Å². The number of hydrogen-bond acceptors (Lipinski definition) is 3. The Hall–Kier alpha value is -1.19. The highest BCUT2D eigenvalue weighted by Gasteiger charge is 2.23. The Kier molecular flexibility index (Phi) is 2.91. The van der Waals surface area contributed by atoms with Gasteiger partial charge in [-0.1, -0.05) is 30.3 Å². The first-order valence-corrected chi connectivity index (χ1v) is 4.76. The van der Waals surface area contributed by atoms with Gasteiger partial charge in [0.2, 0.25) is 0 Å². The third-order valence-corrected chi connectivity index (χ3v) is 2.32. The molecule has 1 fully saturated rings. The van der Waals surface area contributed by atoms with E-state index < -0.39 is 6.23 Å². The van der Waals surface area contributed by atoms with E-state index in [2.05, 4.69) is 17.4 Å². The van der Waals surface area contributed by atoms with Gasteiger partial charge in [-0.25, -0.2) is 0 Å². The van der Waals surface area contributed by atoms with Crippen molar-refractivity contribution in [1.82, 2.24) is 5.32 Å². The van der Waals surface area contributed by atoms with Crippen LogP contribution >= 0.6 is 0 Å². The van der Waals surface area contributed by atoms with Crippen LogP contribution in [0.1, 0.15) is 5.56 Å². The average Bonchev–Trinajstić information content (AvgIpc) is 2.67. The van der Waals surface area contributed by atoms with Gasteiger partial charge < -0.3 is 4.74 Å². The van der Waals surface area contributed by atoms with Gasteiger partial charge >= 0.3 is 0 Å². The Bertz CT molecular complexity index is 299. The van der Waals surface area contributed by atoms with Gasteiger partial charge in [-0.15, -0.1) is 0 Å². The van der Waals surface area contributed by atoms with Gasteiger partial charge in [-0.3, -0.25) is 10.1 Å². The molecule has 2 rings (SSSR count). The molecule has 0 aromatic heterocycles. The second kappa shape index (κ2) is 4.35. The molecule has 1 aliphatic heterocycles. The van der Waals surface area contributed by atoms with E-state index in [4.69, 9.17) is 4.74 Å². The average molecular weight is 191 g/mol. The van der Waals surface area contributed by atoms with Crippen LogP contribution in [-0.4, -0.2) is 25.2 Å². The summed E-state index contributed by atoms with van der Waals surface area (Å²) in [6, 6.07) is 10.1. The topological polar surface area (TPSA) is 38.3 Å². The zero-order valence-electron chi connectivity index (χ0n) is 7.85. The fraction of sp³-hybridized carbons (Fsp3) is 0.364. The van der Waals surface area contributed by atoms with E-state index in [9.17, 15) is 4.79 Å². The number of rotatable bonds is 3. The molecule has 0 saturated carbocycles. The van der Waals surface area contributed by atoms with Crippen molar-refractivity contribution in [2.24, 2.45) is 0 Å². The van der Waals surface area contributed by atoms with Crippen LogP contribution in [0.4, 0.5) is 0 Å². The van der Waals surface area contributed by atoms with Gasteiger partial charge in [0.05, 0.1) is 6.10 Å². The SMILES string of the molecule is O=CC1NCC(Cc2ccccc2)O1. The Morgan fingerprint density at radius 2 is 2.21 bits per heavy atom. The summed E-state index contributed by atoms with van der Waals surface area (Å²) >= 11 is 0. The molecule has 0 amide bonds. The third kappa shape index (κ3) is 2.19. The highest BCUT2D eigenvalue weighted by molar-refractivity contribution is 5.55. The minimum absolute atomic E-state index is 0.118. The summed E-state index contributed by atoms with van der Waals surface area (Å²) in [5.74, 6) is 0. The van der Waals surface area contributed by atoms with E-state index in [0.717, 1.165) is 19.3 Å². The Morgan fingerprint density at radius 3 is 2.86 bits per heavy atom. The molecule has 1 aliphatic rings. The summed E-state index contributed by atoms with van der Waals surface area (Å²) < 4.78 is 5.44. The predicted octanol–water partition coefficient (Wildman–Crippen LogP) is 0.742. The Balaban J connectivity index is 1.90. The lowest BCUT2D eigenvalue weighted by atomic mass is 10.1. The van der Waals surface area contributed by atoms with Crippen LogP contribution < -0.4 is 5.32 Å². The Labute approximate surface area is 83.1 Å². The van der Waals surface area contributed by atoms with Gasteiger partial charge in [-0.2, -0.15) is 0 Å². The summed E-state index contributed by atoms with van der Waals surface area (Å²) in [7, 11) is 0. The van der Waals surface area contributed by atoms with Crippen molar-refractivity contribution in [3.8, 4) is 0 Å². The lowest BCUT2D eigenvalue weighted by molar-refractivity contribution is -0.118. The summed E-state index contributed by atoms with van der Waals surface area (Å²) in [4.78, 5) is 10.4. The first kappa shape index (κ1) is 9.37. The van der Waals surface area contributed by atoms with Gasteiger partial charge in [0.1, 0.15) is 0 Å². The summed E-state index contributed by atoms with van der Waals surface area (Å²) in [5, 5.41) is 2.99. The number of hydrogen-bond donors (Lipinski definition) is 1. The zero-order chi connectivity index (χ0) is 9.80. The lowest BCUT2D eigenvalue weighted by Gasteiger charge is -2.08. The molecule has 14 heavy (non-hydrogen) atoms. The molecule has 1 aromatic carbocycles.